The molecule has 3 rings (SSSR count). The molecule has 28 heavy (non-hydrogen) atoms. The number of nitrogens with zero attached hydrogens (tertiary/aromatic N) is 1. The second kappa shape index (κ2) is 8.42. The van der Waals surface area contributed by atoms with E-state index in [1.54, 1.807) is 17.0 Å². The van der Waals surface area contributed by atoms with Crippen LogP contribution in [0.25, 0.3) is 0 Å². The number of hydrogen-bond acceptors (Lipinski definition) is 4. The highest BCUT2D eigenvalue weighted by Gasteiger charge is 2.28. The molecule has 0 saturated carbocycles. The van der Waals surface area contributed by atoms with Crippen molar-refractivity contribution in [3.8, 4) is 0 Å². The molecule has 2 amide bonds. The number of nitrogens with one attached hydrogen (secondary N) is 1. The minimum atomic E-state index is -3.76. The van der Waals surface area contributed by atoms with E-state index >= 15 is 0 Å². The number of likely N-dealkylation sites (tertiary alicyclic amines) is 1. The summed E-state index contributed by atoms with van der Waals surface area (Å²) in [5.74, 6) is -0.379. The number of halogens is 1. The number of amides is 2. The van der Waals surface area contributed by atoms with Crippen molar-refractivity contribution in [1.29, 1.82) is 0 Å². The Morgan fingerprint density at radius 3 is 2.11 bits per heavy atom. The first kappa shape index (κ1) is 20.5. The van der Waals surface area contributed by atoms with Gasteiger partial charge in [-0.05, 0) is 61.4 Å². The summed E-state index contributed by atoms with van der Waals surface area (Å²) in [6.45, 7) is 1.02. The van der Waals surface area contributed by atoms with Crippen LogP contribution in [0.2, 0.25) is 0 Å². The third-order valence-corrected chi connectivity index (χ3v) is 6.15. The maximum Gasteiger partial charge on any atom is 0.253 e. The molecular weight excluding hydrogens is 446 g/mol. The van der Waals surface area contributed by atoms with Crippen LogP contribution >= 0.6 is 15.9 Å². The van der Waals surface area contributed by atoms with Crippen molar-refractivity contribution in [3.63, 3.8) is 0 Å². The zero-order valence-corrected chi connectivity index (χ0v) is 17.4. The molecule has 1 saturated heterocycles. The Hall–Kier alpha value is -2.23. The quantitative estimate of drug-likeness (QED) is 0.722. The predicted octanol–water partition coefficient (Wildman–Crippen LogP) is 2.59. The van der Waals surface area contributed by atoms with Crippen molar-refractivity contribution in [2.24, 2.45) is 11.1 Å². The molecule has 3 N–H and O–H groups in total. The Kier molecular flexibility index (Phi) is 6.17. The van der Waals surface area contributed by atoms with Gasteiger partial charge in [0, 0.05) is 34.7 Å². The third kappa shape index (κ3) is 4.98. The molecule has 7 nitrogen and oxygen atoms in total. The Labute approximate surface area is 172 Å². The van der Waals surface area contributed by atoms with Crippen molar-refractivity contribution in [1.82, 2.24) is 4.90 Å². The lowest BCUT2D eigenvalue weighted by Gasteiger charge is -2.31. The maximum absolute atomic E-state index is 12.5. The van der Waals surface area contributed by atoms with E-state index in [1.807, 2.05) is 12.1 Å². The highest BCUT2D eigenvalue weighted by molar-refractivity contribution is 9.10. The van der Waals surface area contributed by atoms with Crippen molar-refractivity contribution >= 4 is 43.5 Å². The fourth-order valence-corrected chi connectivity index (χ4v) is 3.87. The first-order valence-corrected chi connectivity index (χ1v) is 11.1. The minimum absolute atomic E-state index is 0.00902. The topological polar surface area (TPSA) is 110 Å². The molecule has 1 aliphatic rings. The molecule has 1 heterocycles. The fraction of sp³-hybridized carbons (Fsp3) is 0.263. The summed E-state index contributed by atoms with van der Waals surface area (Å²) in [6, 6.07) is 12.9. The molecule has 0 aliphatic carbocycles. The highest BCUT2D eigenvalue weighted by atomic mass is 79.9. The fourth-order valence-electron chi connectivity index (χ4n) is 3.09. The lowest BCUT2D eigenvalue weighted by molar-refractivity contribution is -0.121. The highest BCUT2D eigenvalue weighted by Crippen LogP contribution is 2.22. The van der Waals surface area contributed by atoms with Crippen LogP contribution in [0.4, 0.5) is 5.69 Å². The largest absolute Gasteiger partial charge is 0.339 e. The van der Waals surface area contributed by atoms with Gasteiger partial charge in [-0.1, -0.05) is 15.9 Å². The Bertz CT molecular complexity index is 967. The first-order valence-electron chi connectivity index (χ1n) is 8.72. The molecule has 1 fully saturated rings. The van der Waals surface area contributed by atoms with Crippen molar-refractivity contribution < 1.29 is 18.0 Å². The van der Waals surface area contributed by atoms with Crippen LogP contribution in [0.5, 0.6) is 0 Å². The van der Waals surface area contributed by atoms with Gasteiger partial charge in [0.25, 0.3) is 5.91 Å². The summed E-state index contributed by atoms with van der Waals surface area (Å²) in [4.78, 5) is 26.8. The number of rotatable bonds is 4. The predicted molar refractivity (Wildman–Crippen MR) is 109 cm³/mol. The number of anilines is 1. The molecule has 0 spiro atoms. The van der Waals surface area contributed by atoms with Crippen LogP contribution in [-0.2, 0) is 14.8 Å². The van der Waals surface area contributed by atoms with Crippen molar-refractivity contribution in [3.05, 3.63) is 58.6 Å². The molecule has 9 heteroatoms. The summed E-state index contributed by atoms with van der Waals surface area (Å²) in [5, 5.41) is 7.85. The molecule has 148 valence electrons. The van der Waals surface area contributed by atoms with Gasteiger partial charge in [-0.2, -0.15) is 0 Å². The second-order valence-electron chi connectivity index (χ2n) is 6.63. The van der Waals surface area contributed by atoms with Gasteiger partial charge < -0.3 is 10.2 Å². The van der Waals surface area contributed by atoms with Gasteiger partial charge in [-0.15, -0.1) is 0 Å². The van der Waals surface area contributed by atoms with Gasteiger partial charge in [0.05, 0.1) is 4.90 Å². The van der Waals surface area contributed by atoms with Gasteiger partial charge in [0.2, 0.25) is 15.9 Å². The molecule has 2 aromatic rings. The molecule has 0 bridgehead atoms. The molecule has 0 aromatic heterocycles. The summed E-state index contributed by atoms with van der Waals surface area (Å²) >= 11 is 3.35. The molecule has 1 aliphatic heterocycles. The molecular formula is C19H20BrN3O4S. The van der Waals surface area contributed by atoms with Crippen LogP contribution in [0, 0.1) is 5.92 Å². The normalized spacial score (nSPS) is 15.3. The Morgan fingerprint density at radius 1 is 1.00 bits per heavy atom. The Morgan fingerprint density at radius 2 is 1.57 bits per heavy atom. The molecule has 0 atom stereocenters. The number of carbonyl (C=O) groups is 2. The van der Waals surface area contributed by atoms with Gasteiger partial charge in [-0.3, -0.25) is 9.59 Å². The molecule has 0 radical (unpaired) electrons. The zero-order valence-electron chi connectivity index (χ0n) is 15.0. The van der Waals surface area contributed by atoms with Crippen LogP contribution in [0.1, 0.15) is 23.2 Å². The van der Waals surface area contributed by atoms with Gasteiger partial charge in [0.15, 0.2) is 0 Å². The van der Waals surface area contributed by atoms with Crippen LogP contribution < -0.4 is 10.5 Å². The SMILES string of the molecule is NS(=O)(=O)c1ccc(NC(=O)C2CCN(C(=O)c3ccc(Br)cc3)CC2)cc1. The number of carbonyl (C=O) groups excluding carboxylic acids is 2. The molecule has 2 aromatic carbocycles. The van der Waals surface area contributed by atoms with E-state index in [1.165, 1.54) is 24.3 Å². The number of nitrogens with two attached hydrogens (primary N) is 1. The van der Waals surface area contributed by atoms with Crippen LogP contribution in [0.15, 0.2) is 57.9 Å². The van der Waals surface area contributed by atoms with E-state index in [0.29, 0.717) is 37.2 Å². The average Bonchev–Trinajstić information content (AvgIpc) is 2.68. The summed E-state index contributed by atoms with van der Waals surface area (Å²) in [7, 11) is -3.76. The summed E-state index contributed by atoms with van der Waals surface area (Å²) in [5.41, 5.74) is 1.13. The number of benzene rings is 2. The molecule has 0 unspecified atom stereocenters. The summed E-state index contributed by atoms with van der Waals surface area (Å²) in [6.07, 6.45) is 1.15. The van der Waals surface area contributed by atoms with Crippen molar-refractivity contribution in [2.45, 2.75) is 17.7 Å². The summed E-state index contributed by atoms with van der Waals surface area (Å²) < 4.78 is 23.5. The third-order valence-electron chi connectivity index (χ3n) is 4.69. The maximum atomic E-state index is 12.5. The standard InChI is InChI=1S/C19H20BrN3O4S/c20-15-3-1-14(2-4-15)19(25)23-11-9-13(10-12-23)18(24)22-16-5-7-17(8-6-16)28(21,26)27/h1-8,13H,9-12H2,(H,22,24)(H2,21,26,27). The van der Waals surface area contributed by atoms with E-state index < -0.39 is 10.0 Å². The van der Waals surface area contributed by atoms with E-state index in [0.717, 1.165) is 4.47 Å². The Balaban J connectivity index is 1.55. The van der Waals surface area contributed by atoms with Crippen LogP contribution in [-0.4, -0.2) is 38.2 Å². The van der Waals surface area contributed by atoms with Crippen LogP contribution in [0.3, 0.4) is 0 Å². The van der Waals surface area contributed by atoms with Gasteiger partial charge in [0.1, 0.15) is 0 Å². The van der Waals surface area contributed by atoms with Gasteiger partial charge >= 0.3 is 0 Å². The zero-order chi connectivity index (χ0) is 20.3. The van der Waals surface area contributed by atoms with Crippen molar-refractivity contribution in [2.75, 3.05) is 18.4 Å². The van der Waals surface area contributed by atoms with E-state index in [2.05, 4.69) is 21.2 Å². The number of hydrogen-bond donors (Lipinski definition) is 2. The lowest BCUT2D eigenvalue weighted by atomic mass is 9.95. The monoisotopic (exact) mass is 465 g/mol. The number of piperidine rings is 1. The van der Waals surface area contributed by atoms with E-state index in [4.69, 9.17) is 5.14 Å². The first-order chi connectivity index (χ1) is 13.2. The lowest BCUT2D eigenvalue weighted by Crippen LogP contribution is -2.41. The average molecular weight is 466 g/mol. The van der Waals surface area contributed by atoms with E-state index in [-0.39, 0.29) is 22.6 Å². The number of primary sulfonamides is 1. The smallest absolute Gasteiger partial charge is 0.253 e. The minimum Gasteiger partial charge on any atom is -0.339 e. The second-order valence-corrected chi connectivity index (χ2v) is 9.11. The van der Waals surface area contributed by atoms with E-state index in [9.17, 15) is 18.0 Å². The van der Waals surface area contributed by atoms with Gasteiger partial charge in [-0.25, -0.2) is 13.6 Å². The number of sulfonamides is 1.